The number of amides is 1. The van der Waals surface area contributed by atoms with E-state index in [0.29, 0.717) is 22.3 Å². The van der Waals surface area contributed by atoms with E-state index in [1.54, 1.807) is 24.4 Å². The van der Waals surface area contributed by atoms with Gasteiger partial charge >= 0.3 is 0 Å². The topological polar surface area (TPSA) is 86.3 Å². The second-order valence-corrected chi connectivity index (χ2v) is 6.00. The minimum absolute atomic E-state index is 0. The Balaban J connectivity index is 0.00000312. The molecule has 2 aromatic rings. The smallest absolute Gasteiger partial charge is 0.250 e. The number of ether oxygens (including phenoxy) is 1. The maximum atomic E-state index is 12.0. The molecule has 0 spiro atoms. The van der Waals surface area contributed by atoms with Gasteiger partial charge in [-0.05, 0) is 23.8 Å². The van der Waals surface area contributed by atoms with Crippen molar-refractivity contribution in [1.29, 1.82) is 0 Å². The summed E-state index contributed by atoms with van der Waals surface area (Å²) in [7, 11) is 1.46. The molecule has 0 radical (unpaired) electrons. The molecular weight excluding hydrogens is 389 g/mol. The maximum absolute atomic E-state index is 12.0. The minimum Gasteiger partial charge on any atom is -0.383 e. The van der Waals surface area contributed by atoms with Gasteiger partial charge in [0.1, 0.15) is 6.04 Å². The molecule has 2 rings (SSSR count). The molecule has 6 nitrogen and oxygen atoms in total. The molecule has 1 amide bonds. The van der Waals surface area contributed by atoms with Crippen molar-refractivity contribution in [2.75, 3.05) is 19.0 Å². The van der Waals surface area contributed by atoms with Crippen molar-refractivity contribution in [1.82, 2.24) is 4.57 Å². The SMILES string of the molecule is COCC(N)C(=O)Nc1ccc(=O)n(Cc2ccc(Cl)c(Cl)c2)c1.Cl. The Morgan fingerprint density at radius 2 is 2.00 bits per heavy atom. The van der Waals surface area contributed by atoms with Gasteiger partial charge in [0.05, 0.1) is 28.9 Å². The summed E-state index contributed by atoms with van der Waals surface area (Å²) >= 11 is 11.9. The van der Waals surface area contributed by atoms with Crippen molar-refractivity contribution in [3.63, 3.8) is 0 Å². The van der Waals surface area contributed by atoms with Crippen LogP contribution >= 0.6 is 35.6 Å². The lowest BCUT2D eigenvalue weighted by atomic mass is 10.2. The van der Waals surface area contributed by atoms with Crippen LogP contribution in [0.3, 0.4) is 0 Å². The highest BCUT2D eigenvalue weighted by atomic mass is 35.5. The molecule has 0 aliphatic rings. The third-order valence-corrected chi connectivity index (χ3v) is 4.01. The van der Waals surface area contributed by atoms with Crippen molar-refractivity contribution >= 4 is 47.2 Å². The van der Waals surface area contributed by atoms with Crippen molar-refractivity contribution in [3.8, 4) is 0 Å². The fourth-order valence-corrected chi connectivity index (χ4v) is 2.37. The van der Waals surface area contributed by atoms with E-state index < -0.39 is 11.9 Å². The van der Waals surface area contributed by atoms with Crippen LogP contribution in [-0.2, 0) is 16.1 Å². The van der Waals surface area contributed by atoms with Gasteiger partial charge in [-0.1, -0.05) is 29.3 Å². The first-order valence-electron chi connectivity index (χ1n) is 7.10. The molecule has 0 saturated heterocycles. The molecule has 0 saturated carbocycles. The van der Waals surface area contributed by atoms with Crippen LogP contribution in [-0.4, -0.2) is 30.2 Å². The number of hydrogen-bond acceptors (Lipinski definition) is 4. The Bertz CT molecular complexity index is 796. The average Bonchev–Trinajstić information content (AvgIpc) is 2.54. The monoisotopic (exact) mass is 405 g/mol. The van der Waals surface area contributed by atoms with Gasteiger partial charge in [0, 0.05) is 19.4 Å². The highest BCUT2D eigenvalue weighted by Gasteiger charge is 2.13. The number of carbonyl (C=O) groups is 1. The zero-order valence-corrected chi connectivity index (χ0v) is 15.7. The van der Waals surface area contributed by atoms with E-state index in [-0.39, 0.29) is 24.6 Å². The van der Waals surface area contributed by atoms with E-state index >= 15 is 0 Å². The van der Waals surface area contributed by atoms with E-state index in [4.69, 9.17) is 33.7 Å². The maximum Gasteiger partial charge on any atom is 0.250 e. The molecule has 3 N–H and O–H groups in total. The number of nitrogens with one attached hydrogen (secondary N) is 1. The lowest BCUT2D eigenvalue weighted by Crippen LogP contribution is -2.39. The summed E-state index contributed by atoms with van der Waals surface area (Å²) in [6.07, 6.45) is 1.54. The van der Waals surface area contributed by atoms with Crippen molar-refractivity contribution in [3.05, 3.63) is 62.5 Å². The molecule has 1 heterocycles. The Labute approximate surface area is 161 Å². The van der Waals surface area contributed by atoms with Crippen molar-refractivity contribution in [2.24, 2.45) is 5.73 Å². The Hall–Kier alpha value is -1.57. The van der Waals surface area contributed by atoms with Gasteiger partial charge in [-0.3, -0.25) is 9.59 Å². The van der Waals surface area contributed by atoms with Crippen LogP contribution in [0.15, 0.2) is 41.3 Å². The molecule has 1 aromatic carbocycles. The number of rotatable bonds is 6. The van der Waals surface area contributed by atoms with Gasteiger partial charge in [-0.15, -0.1) is 12.4 Å². The third-order valence-electron chi connectivity index (χ3n) is 3.27. The average molecular weight is 407 g/mol. The summed E-state index contributed by atoms with van der Waals surface area (Å²) in [5.41, 5.74) is 6.73. The molecular formula is C16H18Cl3N3O3. The third kappa shape index (κ3) is 6.02. The number of anilines is 1. The largest absolute Gasteiger partial charge is 0.383 e. The molecule has 1 atom stereocenters. The summed E-state index contributed by atoms with van der Waals surface area (Å²) in [5.74, 6) is -0.392. The number of pyridine rings is 1. The first-order valence-corrected chi connectivity index (χ1v) is 7.86. The van der Waals surface area contributed by atoms with Crippen LogP contribution in [0.2, 0.25) is 10.0 Å². The minimum atomic E-state index is -0.787. The van der Waals surface area contributed by atoms with Crippen LogP contribution in [0, 0.1) is 0 Å². The van der Waals surface area contributed by atoms with E-state index in [1.165, 1.54) is 23.8 Å². The van der Waals surface area contributed by atoms with Crippen molar-refractivity contribution < 1.29 is 9.53 Å². The number of methoxy groups -OCH3 is 1. The van der Waals surface area contributed by atoms with Crippen LogP contribution in [0.1, 0.15) is 5.56 Å². The van der Waals surface area contributed by atoms with Crippen molar-refractivity contribution in [2.45, 2.75) is 12.6 Å². The van der Waals surface area contributed by atoms with Gasteiger partial charge in [0.2, 0.25) is 5.91 Å². The number of halogens is 3. The zero-order chi connectivity index (χ0) is 17.7. The highest BCUT2D eigenvalue weighted by Crippen LogP contribution is 2.22. The van der Waals surface area contributed by atoms with Crippen LogP contribution in [0.25, 0.3) is 0 Å². The quantitative estimate of drug-likeness (QED) is 0.772. The van der Waals surface area contributed by atoms with Crippen LogP contribution < -0.4 is 16.6 Å². The lowest BCUT2D eigenvalue weighted by molar-refractivity contribution is -0.118. The Morgan fingerprint density at radius 3 is 2.64 bits per heavy atom. The normalized spacial score (nSPS) is 11.5. The van der Waals surface area contributed by atoms with E-state index in [2.05, 4.69) is 5.32 Å². The molecule has 0 aliphatic carbocycles. The number of carbonyl (C=O) groups excluding carboxylic acids is 1. The first kappa shape index (κ1) is 21.5. The summed E-state index contributed by atoms with van der Waals surface area (Å²) in [6, 6.07) is 7.24. The second kappa shape index (κ2) is 9.79. The van der Waals surface area contributed by atoms with Gasteiger partial charge in [0.15, 0.2) is 0 Å². The van der Waals surface area contributed by atoms with Gasteiger partial charge in [0.25, 0.3) is 5.56 Å². The van der Waals surface area contributed by atoms with E-state index in [0.717, 1.165) is 5.56 Å². The summed E-state index contributed by atoms with van der Waals surface area (Å²) in [6.45, 7) is 0.401. The molecule has 0 bridgehead atoms. The zero-order valence-electron chi connectivity index (χ0n) is 13.4. The molecule has 0 fully saturated rings. The molecule has 1 unspecified atom stereocenters. The predicted molar refractivity (Wildman–Crippen MR) is 102 cm³/mol. The number of benzene rings is 1. The standard InChI is InChI=1S/C16H17Cl2N3O3.ClH/c1-24-9-14(19)16(23)20-11-3-5-15(22)21(8-11)7-10-2-4-12(17)13(18)6-10;/h2-6,8,14H,7,9,19H2,1H3,(H,20,23);1H. The summed E-state index contributed by atoms with van der Waals surface area (Å²) < 4.78 is 6.30. The Morgan fingerprint density at radius 1 is 1.28 bits per heavy atom. The molecule has 25 heavy (non-hydrogen) atoms. The van der Waals surface area contributed by atoms with E-state index in [9.17, 15) is 9.59 Å². The molecule has 9 heteroatoms. The van der Waals surface area contributed by atoms with Gasteiger partial charge < -0.3 is 20.4 Å². The summed E-state index contributed by atoms with van der Waals surface area (Å²) in [4.78, 5) is 23.9. The Kier molecular flexibility index (Phi) is 8.41. The second-order valence-electron chi connectivity index (χ2n) is 5.18. The number of nitrogens with zero attached hydrogens (tertiary/aromatic N) is 1. The van der Waals surface area contributed by atoms with Gasteiger partial charge in [-0.25, -0.2) is 0 Å². The fraction of sp³-hybridized carbons (Fsp3) is 0.250. The predicted octanol–water partition coefficient (Wildman–Crippen LogP) is 2.54. The highest BCUT2D eigenvalue weighted by molar-refractivity contribution is 6.42. The van der Waals surface area contributed by atoms with Crippen LogP contribution in [0.5, 0.6) is 0 Å². The first-order chi connectivity index (χ1) is 11.4. The number of hydrogen-bond donors (Lipinski definition) is 2. The number of aromatic nitrogens is 1. The number of nitrogens with two attached hydrogens (primary N) is 1. The molecule has 0 aliphatic heterocycles. The van der Waals surface area contributed by atoms with Gasteiger partial charge in [-0.2, -0.15) is 0 Å². The lowest BCUT2D eigenvalue weighted by Gasteiger charge is -2.13. The fourth-order valence-electron chi connectivity index (χ4n) is 2.05. The van der Waals surface area contributed by atoms with Crippen LogP contribution in [0.4, 0.5) is 5.69 Å². The molecule has 1 aromatic heterocycles. The van der Waals surface area contributed by atoms with E-state index in [1.807, 2.05) is 0 Å². The summed E-state index contributed by atoms with van der Waals surface area (Å²) in [5, 5.41) is 3.51. The molecule has 136 valence electrons.